The van der Waals surface area contributed by atoms with Crippen molar-refractivity contribution in [1.29, 1.82) is 0 Å². The van der Waals surface area contributed by atoms with Crippen LogP contribution >= 0.6 is 12.4 Å². The van der Waals surface area contributed by atoms with Crippen LogP contribution in [0.25, 0.3) is 22.2 Å². The lowest BCUT2D eigenvalue weighted by atomic mass is 10.1. The van der Waals surface area contributed by atoms with Gasteiger partial charge in [0.25, 0.3) is 11.6 Å². The van der Waals surface area contributed by atoms with Crippen molar-refractivity contribution in [2.75, 3.05) is 20.3 Å². The van der Waals surface area contributed by atoms with Gasteiger partial charge in [-0.2, -0.15) is 0 Å². The molecule has 3 N–H and O–H groups in total. The molecule has 10 heteroatoms. The lowest BCUT2D eigenvalue weighted by Gasteiger charge is -2.05. The predicted molar refractivity (Wildman–Crippen MR) is 101 cm³/mol. The lowest BCUT2D eigenvalue weighted by molar-refractivity contribution is -0.385. The van der Waals surface area contributed by atoms with Crippen molar-refractivity contribution in [3.05, 3.63) is 52.2 Å². The Hall–Kier alpha value is -3.17. The minimum Gasteiger partial charge on any atom is -0.494 e. The number of aromatic nitrogens is 2. The summed E-state index contributed by atoms with van der Waals surface area (Å²) in [4.78, 5) is 29.3. The van der Waals surface area contributed by atoms with Crippen LogP contribution in [-0.2, 0) is 4.74 Å². The maximum atomic E-state index is 12.2. The van der Waals surface area contributed by atoms with Crippen molar-refractivity contribution >= 4 is 34.9 Å². The van der Waals surface area contributed by atoms with Crippen LogP contribution in [0.4, 0.5) is 5.69 Å². The molecular formula is C17H17ClN4O5. The number of aromatic hydroxyl groups is 1. The molecule has 0 atom stereocenters. The molecule has 0 saturated carbocycles. The molecule has 0 bridgehead atoms. The molecule has 0 radical (unpaired) electrons. The Morgan fingerprint density at radius 3 is 2.78 bits per heavy atom. The second kappa shape index (κ2) is 8.47. The van der Waals surface area contributed by atoms with E-state index in [1.165, 1.54) is 12.1 Å². The summed E-state index contributed by atoms with van der Waals surface area (Å²) in [6.45, 7) is 0.777. The fraction of sp³-hybridized carbons (Fsp3) is 0.176. The summed E-state index contributed by atoms with van der Waals surface area (Å²) in [5.41, 5.74) is 1.62. The molecule has 0 spiro atoms. The summed E-state index contributed by atoms with van der Waals surface area (Å²) in [6, 6.07) is 7.70. The van der Waals surface area contributed by atoms with Gasteiger partial charge < -0.3 is 20.1 Å². The number of hydrogen-bond acceptors (Lipinski definition) is 6. The highest BCUT2D eigenvalue weighted by Crippen LogP contribution is 2.36. The first-order valence-corrected chi connectivity index (χ1v) is 7.74. The van der Waals surface area contributed by atoms with Crippen LogP contribution in [0.15, 0.2) is 36.5 Å². The Balaban J connectivity index is 0.00000261. The molecular weight excluding hydrogens is 376 g/mol. The number of halogens is 1. The van der Waals surface area contributed by atoms with E-state index in [0.717, 1.165) is 6.20 Å². The van der Waals surface area contributed by atoms with Gasteiger partial charge in [-0.3, -0.25) is 14.9 Å². The minimum atomic E-state index is -0.547. The van der Waals surface area contributed by atoms with Gasteiger partial charge in [0, 0.05) is 36.2 Å². The smallest absolute Gasteiger partial charge is 0.287 e. The molecule has 0 aliphatic carbocycles. The fourth-order valence-corrected chi connectivity index (χ4v) is 2.59. The number of nitrogens with one attached hydrogen (secondary N) is 2. The van der Waals surface area contributed by atoms with Crippen LogP contribution in [0.2, 0.25) is 0 Å². The Labute approximate surface area is 159 Å². The molecule has 0 saturated heterocycles. The van der Waals surface area contributed by atoms with Crippen molar-refractivity contribution < 1.29 is 19.6 Å². The number of hydrogen-bond donors (Lipinski definition) is 3. The van der Waals surface area contributed by atoms with E-state index < -0.39 is 4.92 Å². The molecule has 3 aromatic rings. The van der Waals surface area contributed by atoms with Gasteiger partial charge >= 0.3 is 0 Å². The second-order valence-electron chi connectivity index (χ2n) is 5.52. The second-order valence-corrected chi connectivity index (χ2v) is 5.52. The van der Waals surface area contributed by atoms with Gasteiger partial charge in [0.05, 0.1) is 22.8 Å². The SMILES string of the molecule is COCCNC(=O)c1ccc2[nH]c(O)c(-c3ccc([N+](=O)[O-])cn3)c2c1.Cl. The van der Waals surface area contributed by atoms with Crippen molar-refractivity contribution in [3.63, 3.8) is 0 Å². The van der Waals surface area contributed by atoms with Crippen LogP contribution in [0, 0.1) is 10.1 Å². The van der Waals surface area contributed by atoms with Crippen LogP contribution in [0.3, 0.4) is 0 Å². The largest absolute Gasteiger partial charge is 0.494 e. The van der Waals surface area contributed by atoms with Gasteiger partial charge in [-0.25, -0.2) is 4.98 Å². The van der Waals surface area contributed by atoms with E-state index in [2.05, 4.69) is 15.3 Å². The fourth-order valence-electron chi connectivity index (χ4n) is 2.59. The molecule has 0 unspecified atom stereocenters. The molecule has 0 aliphatic rings. The number of methoxy groups -OCH3 is 1. The normalized spacial score (nSPS) is 10.4. The first-order chi connectivity index (χ1) is 12.5. The van der Waals surface area contributed by atoms with E-state index in [-0.39, 0.29) is 29.9 Å². The third-order valence-electron chi connectivity index (χ3n) is 3.85. The number of amides is 1. The van der Waals surface area contributed by atoms with E-state index in [9.17, 15) is 20.0 Å². The summed E-state index contributed by atoms with van der Waals surface area (Å²) in [6.07, 6.45) is 1.12. The van der Waals surface area contributed by atoms with Crippen molar-refractivity contribution in [2.24, 2.45) is 0 Å². The molecule has 0 aliphatic heterocycles. The third kappa shape index (κ3) is 4.15. The number of carbonyl (C=O) groups excluding carboxylic acids is 1. The van der Waals surface area contributed by atoms with E-state index in [0.29, 0.717) is 40.9 Å². The summed E-state index contributed by atoms with van der Waals surface area (Å²) >= 11 is 0. The quantitative estimate of drug-likeness (QED) is 0.336. The van der Waals surface area contributed by atoms with Crippen LogP contribution in [-0.4, -0.2) is 46.2 Å². The first-order valence-electron chi connectivity index (χ1n) is 7.74. The van der Waals surface area contributed by atoms with Crippen molar-refractivity contribution in [2.45, 2.75) is 0 Å². The Morgan fingerprint density at radius 2 is 2.15 bits per heavy atom. The Bertz CT molecular complexity index is 971. The average molecular weight is 393 g/mol. The average Bonchev–Trinajstić information content (AvgIpc) is 2.96. The minimum absolute atomic E-state index is 0. The zero-order valence-corrected chi connectivity index (χ0v) is 15.1. The molecule has 2 aromatic heterocycles. The molecule has 1 aromatic carbocycles. The number of ether oxygens (including phenoxy) is 1. The number of rotatable bonds is 6. The number of aromatic amines is 1. The molecule has 9 nitrogen and oxygen atoms in total. The van der Waals surface area contributed by atoms with Crippen LogP contribution in [0.1, 0.15) is 10.4 Å². The monoisotopic (exact) mass is 392 g/mol. The van der Waals surface area contributed by atoms with Crippen LogP contribution < -0.4 is 5.32 Å². The zero-order valence-electron chi connectivity index (χ0n) is 14.3. The predicted octanol–water partition coefficient (Wildman–Crippen LogP) is 2.64. The molecule has 27 heavy (non-hydrogen) atoms. The number of nitrogens with zero attached hydrogens (tertiary/aromatic N) is 2. The number of H-pyrrole nitrogens is 1. The van der Waals surface area contributed by atoms with Gasteiger partial charge in [-0.05, 0) is 24.3 Å². The number of benzene rings is 1. The van der Waals surface area contributed by atoms with E-state index >= 15 is 0 Å². The molecule has 3 rings (SSSR count). The van der Waals surface area contributed by atoms with E-state index in [4.69, 9.17) is 4.74 Å². The summed E-state index contributed by atoms with van der Waals surface area (Å²) in [5, 5.41) is 24.3. The standard InChI is InChI=1S/C17H16N4O5.ClH/c1-26-7-6-18-16(22)10-2-4-13-12(8-10)15(17(23)20-13)14-5-3-11(9-19-14)21(24)25;/h2-5,8-9,20,23H,6-7H2,1H3,(H,18,22);1H. The van der Waals surface area contributed by atoms with Gasteiger partial charge in [0.15, 0.2) is 5.88 Å². The van der Waals surface area contributed by atoms with E-state index in [1.54, 1.807) is 25.3 Å². The zero-order chi connectivity index (χ0) is 18.7. The van der Waals surface area contributed by atoms with Gasteiger partial charge in [-0.15, -0.1) is 12.4 Å². The number of nitro groups is 1. The topological polar surface area (TPSA) is 130 Å². The van der Waals surface area contributed by atoms with Gasteiger partial charge in [-0.1, -0.05) is 0 Å². The molecule has 0 fully saturated rings. The summed E-state index contributed by atoms with van der Waals surface area (Å²) < 4.78 is 4.90. The lowest BCUT2D eigenvalue weighted by Crippen LogP contribution is -2.26. The first kappa shape index (κ1) is 20.1. The van der Waals surface area contributed by atoms with Crippen LogP contribution in [0.5, 0.6) is 5.88 Å². The molecule has 142 valence electrons. The number of pyridine rings is 1. The Kier molecular flexibility index (Phi) is 6.32. The van der Waals surface area contributed by atoms with Gasteiger partial charge in [0.2, 0.25) is 0 Å². The van der Waals surface area contributed by atoms with E-state index in [1.807, 2.05) is 0 Å². The maximum absolute atomic E-state index is 12.2. The highest BCUT2D eigenvalue weighted by molar-refractivity contribution is 6.03. The maximum Gasteiger partial charge on any atom is 0.287 e. The highest BCUT2D eigenvalue weighted by atomic mass is 35.5. The highest BCUT2D eigenvalue weighted by Gasteiger charge is 2.17. The molecule has 1 amide bonds. The number of fused-ring (bicyclic) bond motifs is 1. The third-order valence-corrected chi connectivity index (χ3v) is 3.85. The summed E-state index contributed by atoms with van der Waals surface area (Å²) in [7, 11) is 1.55. The van der Waals surface area contributed by atoms with Crippen molar-refractivity contribution in [1.82, 2.24) is 15.3 Å². The Morgan fingerprint density at radius 1 is 1.37 bits per heavy atom. The number of carbonyl (C=O) groups is 1. The van der Waals surface area contributed by atoms with Crippen molar-refractivity contribution in [3.8, 4) is 17.1 Å². The molecule has 2 heterocycles. The van der Waals surface area contributed by atoms with Gasteiger partial charge in [0.1, 0.15) is 6.20 Å². The summed E-state index contributed by atoms with van der Waals surface area (Å²) in [5.74, 6) is -0.398.